The van der Waals surface area contributed by atoms with Crippen LogP contribution in [0.25, 0.3) is 0 Å². The second-order valence-electron chi connectivity index (χ2n) is 1.99. The molecule has 0 unspecified atom stereocenters. The van der Waals surface area contributed by atoms with Gasteiger partial charge in [-0.15, -0.1) is 0 Å². The molecule has 1 aromatic rings. The lowest BCUT2D eigenvalue weighted by molar-refractivity contribution is 0.412. The third-order valence-corrected chi connectivity index (χ3v) is 3.47. The SMILES string of the molecule is COc1ccc(N)c(Br)c1Br. The zero-order chi connectivity index (χ0) is 8.43. The van der Waals surface area contributed by atoms with Crippen molar-refractivity contribution in [3.05, 3.63) is 21.1 Å². The van der Waals surface area contributed by atoms with E-state index < -0.39 is 0 Å². The van der Waals surface area contributed by atoms with Crippen LogP contribution < -0.4 is 10.5 Å². The minimum absolute atomic E-state index is 0.692. The van der Waals surface area contributed by atoms with Gasteiger partial charge in [-0.05, 0) is 44.0 Å². The summed E-state index contributed by atoms with van der Waals surface area (Å²) in [6, 6.07) is 3.60. The quantitative estimate of drug-likeness (QED) is 0.803. The van der Waals surface area contributed by atoms with Crippen LogP contribution in [0.3, 0.4) is 0 Å². The number of rotatable bonds is 1. The van der Waals surface area contributed by atoms with Gasteiger partial charge in [0, 0.05) is 5.69 Å². The molecule has 0 aliphatic rings. The lowest BCUT2D eigenvalue weighted by atomic mass is 10.3. The van der Waals surface area contributed by atoms with Crippen LogP contribution in [-0.2, 0) is 0 Å². The van der Waals surface area contributed by atoms with Crippen LogP contribution in [0.5, 0.6) is 5.75 Å². The van der Waals surface area contributed by atoms with Crippen LogP contribution in [0.1, 0.15) is 0 Å². The predicted octanol–water partition coefficient (Wildman–Crippen LogP) is 2.80. The standard InChI is InChI=1S/C7H7Br2NO/c1-11-5-3-2-4(10)6(8)7(5)9/h2-3H,10H2,1H3. The molecule has 1 aromatic carbocycles. The van der Waals surface area contributed by atoms with Gasteiger partial charge in [0.2, 0.25) is 0 Å². The molecule has 0 heterocycles. The monoisotopic (exact) mass is 279 g/mol. The molecule has 0 spiro atoms. The topological polar surface area (TPSA) is 35.2 Å². The molecule has 0 aromatic heterocycles. The smallest absolute Gasteiger partial charge is 0.134 e. The van der Waals surface area contributed by atoms with E-state index in [0.717, 1.165) is 14.7 Å². The summed E-state index contributed by atoms with van der Waals surface area (Å²) in [4.78, 5) is 0. The fraction of sp³-hybridized carbons (Fsp3) is 0.143. The van der Waals surface area contributed by atoms with Crippen LogP contribution in [0.15, 0.2) is 21.1 Å². The minimum atomic E-state index is 0.692. The highest BCUT2D eigenvalue weighted by molar-refractivity contribution is 9.13. The van der Waals surface area contributed by atoms with E-state index in [1.165, 1.54) is 0 Å². The Balaban J connectivity index is 3.25. The van der Waals surface area contributed by atoms with Crippen molar-refractivity contribution < 1.29 is 4.74 Å². The van der Waals surface area contributed by atoms with Gasteiger partial charge < -0.3 is 10.5 Å². The van der Waals surface area contributed by atoms with E-state index in [1.807, 2.05) is 6.07 Å². The fourth-order valence-electron chi connectivity index (χ4n) is 0.704. The summed E-state index contributed by atoms with van der Waals surface area (Å²) in [6.07, 6.45) is 0. The van der Waals surface area contributed by atoms with E-state index in [0.29, 0.717) is 5.69 Å². The maximum Gasteiger partial charge on any atom is 0.134 e. The Labute approximate surface area is 82.0 Å². The summed E-state index contributed by atoms with van der Waals surface area (Å²) in [7, 11) is 1.61. The van der Waals surface area contributed by atoms with Crippen molar-refractivity contribution in [3.63, 3.8) is 0 Å². The highest BCUT2D eigenvalue weighted by atomic mass is 79.9. The van der Waals surface area contributed by atoms with E-state index in [4.69, 9.17) is 10.5 Å². The van der Waals surface area contributed by atoms with Crippen molar-refractivity contribution in [2.24, 2.45) is 0 Å². The summed E-state index contributed by atoms with van der Waals surface area (Å²) in [5.41, 5.74) is 6.30. The molecule has 0 aliphatic carbocycles. The maximum absolute atomic E-state index is 5.61. The average molecular weight is 281 g/mol. The molecule has 0 saturated heterocycles. The van der Waals surface area contributed by atoms with E-state index in [-0.39, 0.29) is 0 Å². The number of hydrogen-bond acceptors (Lipinski definition) is 2. The molecule has 2 N–H and O–H groups in total. The highest BCUT2D eigenvalue weighted by Crippen LogP contribution is 2.36. The van der Waals surface area contributed by atoms with Crippen molar-refractivity contribution in [1.82, 2.24) is 0 Å². The molecule has 0 amide bonds. The van der Waals surface area contributed by atoms with Crippen LogP contribution in [-0.4, -0.2) is 7.11 Å². The Morgan fingerprint density at radius 3 is 2.45 bits per heavy atom. The number of anilines is 1. The minimum Gasteiger partial charge on any atom is -0.496 e. The van der Waals surface area contributed by atoms with Crippen molar-refractivity contribution in [1.29, 1.82) is 0 Å². The Morgan fingerprint density at radius 2 is 1.91 bits per heavy atom. The molecule has 11 heavy (non-hydrogen) atoms. The maximum atomic E-state index is 5.61. The van der Waals surface area contributed by atoms with Gasteiger partial charge in [-0.1, -0.05) is 0 Å². The predicted molar refractivity (Wildman–Crippen MR) is 52.8 cm³/mol. The zero-order valence-corrected chi connectivity index (χ0v) is 9.07. The first-order chi connectivity index (χ1) is 5.16. The van der Waals surface area contributed by atoms with Crippen molar-refractivity contribution in [2.45, 2.75) is 0 Å². The number of methoxy groups -OCH3 is 1. The fourth-order valence-corrected chi connectivity index (χ4v) is 1.55. The molecular formula is C7H7Br2NO. The second-order valence-corrected chi connectivity index (χ2v) is 3.57. The van der Waals surface area contributed by atoms with Crippen molar-refractivity contribution in [3.8, 4) is 5.75 Å². The third-order valence-electron chi connectivity index (χ3n) is 1.30. The Morgan fingerprint density at radius 1 is 1.27 bits per heavy atom. The second kappa shape index (κ2) is 3.45. The van der Waals surface area contributed by atoms with E-state index >= 15 is 0 Å². The first-order valence-corrected chi connectivity index (χ1v) is 4.53. The van der Waals surface area contributed by atoms with Gasteiger partial charge in [0.05, 0.1) is 16.1 Å². The van der Waals surface area contributed by atoms with Crippen LogP contribution >= 0.6 is 31.9 Å². The van der Waals surface area contributed by atoms with Crippen molar-refractivity contribution >= 4 is 37.5 Å². The molecule has 0 bridgehead atoms. The lowest BCUT2D eigenvalue weighted by Gasteiger charge is -2.05. The lowest BCUT2D eigenvalue weighted by Crippen LogP contribution is -1.90. The van der Waals surface area contributed by atoms with Crippen LogP contribution in [0.2, 0.25) is 0 Å². The molecule has 0 aliphatic heterocycles. The first kappa shape index (κ1) is 8.87. The largest absolute Gasteiger partial charge is 0.496 e. The van der Waals surface area contributed by atoms with Crippen LogP contribution in [0.4, 0.5) is 5.69 Å². The number of nitrogen functional groups attached to an aromatic ring is 1. The zero-order valence-electron chi connectivity index (χ0n) is 5.90. The van der Waals surface area contributed by atoms with Gasteiger partial charge in [0.1, 0.15) is 5.75 Å². The van der Waals surface area contributed by atoms with Gasteiger partial charge in [-0.3, -0.25) is 0 Å². The Hall–Kier alpha value is -0.220. The summed E-state index contributed by atoms with van der Waals surface area (Å²) >= 11 is 6.66. The molecule has 1 rings (SSSR count). The van der Waals surface area contributed by atoms with Gasteiger partial charge in [-0.25, -0.2) is 0 Å². The van der Waals surface area contributed by atoms with E-state index in [2.05, 4.69) is 31.9 Å². The van der Waals surface area contributed by atoms with E-state index in [1.54, 1.807) is 13.2 Å². The average Bonchev–Trinajstić information content (AvgIpc) is 2.01. The Bertz CT molecular complexity index is 275. The number of nitrogens with two attached hydrogens (primary N) is 1. The molecule has 4 heteroatoms. The third kappa shape index (κ3) is 1.68. The highest BCUT2D eigenvalue weighted by Gasteiger charge is 2.05. The molecule has 60 valence electrons. The molecule has 2 nitrogen and oxygen atoms in total. The summed E-state index contributed by atoms with van der Waals surface area (Å²) in [6.45, 7) is 0. The van der Waals surface area contributed by atoms with Gasteiger partial charge in [0.25, 0.3) is 0 Å². The number of ether oxygens (including phenoxy) is 1. The summed E-state index contributed by atoms with van der Waals surface area (Å²) in [5, 5.41) is 0. The van der Waals surface area contributed by atoms with Crippen LogP contribution in [0, 0.1) is 0 Å². The molecular weight excluding hydrogens is 274 g/mol. The Kier molecular flexibility index (Phi) is 2.78. The molecule has 0 radical (unpaired) electrons. The van der Waals surface area contributed by atoms with E-state index in [9.17, 15) is 0 Å². The van der Waals surface area contributed by atoms with Gasteiger partial charge in [0.15, 0.2) is 0 Å². The summed E-state index contributed by atoms with van der Waals surface area (Å²) in [5.74, 6) is 0.770. The van der Waals surface area contributed by atoms with Gasteiger partial charge >= 0.3 is 0 Å². The summed E-state index contributed by atoms with van der Waals surface area (Å²) < 4.78 is 6.73. The molecule has 0 saturated carbocycles. The normalized spacial score (nSPS) is 9.73. The number of halogens is 2. The molecule has 0 atom stereocenters. The first-order valence-electron chi connectivity index (χ1n) is 2.94. The van der Waals surface area contributed by atoms with Gasteiger partial charge in [-0.2, -0.15) is 0 Å². The number of hydrogen-bond donors (Lipinski definition) is 1. The number of benzene rings is 1. The molecule has 0 fully saturated rings. The van der Waals surface area contributed by atoms with Crippen molar-refractivity contribution in [2.75, 3.05) is 12.8 Å².